The van der Waals surface area contributed by atoms with Gasteiger partial charge in [-0.25, -0.2) is 4.79 Å². The Balaban J connectivity index is 3.33. The number of nitro groups is 1. The number of nitro benzene ring substituents is 1. The third-order valence-electron chi connectivity index (χ3n) is 2.69. The zero-order valence-corrected chi connectivity index (χ0v) is 10.5. The normalized spacial score (nSPS) is 11.7. The first kappa shape index (κ1) is 14.6. The summed E-state index contributed by atoms with van der Waals surface area (Å²) in [6.45, 7) is 1.42. The van der Waals surface area contributed by atoms with Gasteiger partial charge in [-0.1, -0.05) is 13.0 Å². The van der Waals surface area contributed by atoms with Gasteiger partial charge in [-0.3, -0.25) is 14.9 Å². The van der Waals surface area contributed by atoms with Gasteiger partial charge in [0.25, 0.3) is 5.69 Å². The number of carbonyl (C=O) groups is 2. The van der Waals surface area contributed by atoms with Gasteiger partial charge in [0, 0.05) is 11.6 Å². The van der Waals surface area contributed by atoms with Crippen molar-refractivity contribution in [3.05, 3.63) is 39.4 Å². The van der Waals surface area contributed by atoms with Crippen molar-refractivity contribution in [1.82, 2.24) is 0 Å². The highest BCUT2D eigenvalue weighted by atomic mass is 16.6. The van der Waals surface area contributed by atoms with E-state index in [1.54, 1.807) is 0 Å². The maximum Gasteiger partial charge on any atom is 0.338 e. The molecule has 1 atom stereocenters. The highest BCUT2D eigenvalue weighted by Gasteiger charge is 2.25. The zero-order valence-electron chi connectivity index (χ0n) is 10.5. The molecule has 0 saturated carbocycles. The maximum absolute atomic E-state index is 11.6. The Bertz CT molecular complexity index is 525. The molecule has 0 radical (unpaired) electrons. The van der Waals surface area contributed by atoms with E-state index in [1.165, 1.54) is 25.1 Å². The first-order valence-corrected chi connectivity index (χ1v) is 5.45. The summed E-state index contributed by atoms with van der Waals surface area (Å²) in [7, 11) is 1.16. The van der Waals surface area contributed by atoms with Gasteiger partial charge in [-0.05, 0) is 12.5 Å². The molecule has 0 aliphatic carbocycles. The van der Waals surface area contributed by atoms with E-state index in [1.807, 2.05) is 0 Å². The smallest absolute Gasteiger partial charge is 0.338 e. The second kappa shape index (κ2) is 5.94. The van der Waals surface area contributed by atoms with E-state index in [9.17, 15) is 19.7 Å². The van der Waals surface area contributed by atoms with Crippen LogP contribution < -0.4 is 0 Å². The monoisotopic (exact) mass is 267 g/mol. The predicted molar refractivity (Wildman–Crippen MR) is 64.9 cm³/mol. The van der Waals surface area contributed by atoms with Crippen LogP contribution >= 0.6 is 0 Å². The van der Waals surface area contributed by atoms with Crippen LogP contribution in [0.1, 0.15) is 22.8 Å². The Morgan fingerprint density at radius 3 is 2.58 bits per heavy atom. The first-order chi connectivity index (χ1) is 8.88. The van der Waals surface area contributed by atoms with Gasteiger partial charge in [0.15, 0.2) is 0 Å². The third kappa shape index (κ3) is 3.27. The fourth-order valence-corrected chi connectivity index (χ4v) is 1.65. The Labute approximate surface area is 109 Å². The summed E-state index contributed by atoms with van der Waals surface area (Å²) in [6.07, 6.45) is -0.114. The minimum Gasteiger partial charge on any atom is -0.481 e. The van der Waals surface area contributed by atoms with Gasteiger partial charge in [0.05, 0.1) is 23.5 Å². The average Bonchev–Trinajstić information content (AvgIpc) is 2.37. The summed E-state index contributed by atoms with van der Waals surface area (Å²) in [4.78, 5) is 32.7. The van der Waals surface area contributed by atoms with Crippen molar-refractivity contribution in [3.63, 3.8) is 0 Å². The van der Waals surface area contributed by atoms with Crippen molar-refractivity contribution in [2.75, 3.05) is 7.11 Å². The molecule has 19 heavy (non-hydrogen) atoms. The summed E-state index contributed by atoms with van der Waals surface area (Å²) in [5, 5.41) is 19.8. The van der Waals surface area contributed by atoms with Gasteiger partial charge in [-0.15, -0.1) is 0 Å². The topological polar surface area (TPSA) is 107 Å². The molecule has 1 rings (SSSR count). The largest absolute Gasteiger partial charge is 0.481 e. The Kier molecular flexibility index (Phi) is 4.57. The molecule has 1 aromatic carbocycles. The van der Waals surface area contributed by atoms with Gasteiger partial charge < -0.3 is 9.84 Å². The molecule has 0 amide bonds. The lowest BCUT2D eigenvalue weighted by Gasteiger charge is -2.10. The zero-order chi connectivity index (χ0) is 14.6. The van der Waals surface area contributed by atoms with Crippen LogP contribution in [0.4, 0.5) is 5.69 Å². The van der Waals surface area contributed by atoms with Crippen LogP contribution in [-0.4, -0.2) is 29.1 Å². The molecule has 0 aromatic heterocycles. The second-order valence-electron chi connectivity index (χ2n) is 4.00. The number of rotatable bonds is 5. The molecule has 0 fully saturated rings. The molecule has 1 unspecified atom stereocenters. The number of benzene rings is 1. The second-order valence-corrected chi connectivity index (χ2v) is 4.00. The molecule has 0 saturated heterocycles. The minimum atomic E-state index is -1.09. The molecular formula is C12H13NO6. The molecule has 0 bridgehead atoms. The number of aliphatic carboxylic acids is 1. The van der Waals surface area contributed by atoms with Crippen LogP contribution in [0.25, 0.3) is 0 Å². The van der Waals surface area contributed by atoms with Crippen LogP contribution in [0.15, 0.2) is 18.2 Å². The molecule has 1 aromatic rings. The van der Waals surface area contributed by atoms with Crippen molar-refractivity contribution < 1.29 is 24.4 Å². The van der Waals surface area contributed by atoms with Crippen LogP contribution in [0, 0.1) is 16.0 Å². The highest BCUT2D eigenvalue weighted by Crippen LogP contribution is 2.26. The number of methoxy groups -OCH3 is 1. The summed E-state index contributed by atoms with van der Waals surface area (Å²) >= 11 is 0. The van der Waals surface area contributed by atoms with Gasteiger partial charge in [0.1, 0.15) is 0 Å². The van der Waals surface area contributed by atoms with Crippen LogP contribution in [0.3, 0.4) is 0 Å². The lowest BCUT2D eigenvalue weighted by Crippen LogP contribution is -2.16. The van der Waals surface area contributed by atoms with E-state index in [-0.39, 0.29) is 23.2 Å². The molecule has 0 heterocycles. The maximum atomic E-state index is 11.6. The predicted octanol–water partition coefficient (Wildman–Crippen LogP) is 1.64. The van der Waals surface area contributed by atoms with Gasteiger partial charge in [0.2, 0.25) is 0 Å². The molecule has 0 aliphatic heterocycles. The molecule has 0 aliphatic rings. The fourth-order valence-electron chi connectivity index (χ4n) is 1.65. The Hall–Kier alpha value is -2.44. The average molecular weight is 267 g/mol. The first-order valence-electron chi connectivity index (χ1n) is 5.45. The lowest BCUT2D eigenvalue weighted by atomic mass is 9.95. The van der Waals surface area contributed by atoms with Crippen LogP contribution in [0.5, 0.6) is 0 Å². The van der Waals surface area contributed by atoms with Crippen molar-refractivity contribution in [2.45, 2.75) is 13.3 Å². The Morgan fingerprint density at radius 1 is 1.47 bits per heavy atom. The number of hydrogen-bond donors (Lipinski definition) is 1. The minimum absolute atomic E-state index is 0.0183. The number of ether oxygens (including phenoxy) is 1. The van der Waals surface area contributed by atoms with Crippen molar-refractivity contribution in [2.24, 2.45) is 5.92 Å². The number of carbonyl (C=O) groups excluding carboxylic acids is 1. The molecule has 102 valence electrons. The summed E-state index contributed by atoms with van der Waals surface area (Å²) in [5.41, 5.74) is -0.185. The molecular weight excluding hydrogens is 254 g/mol. The SMILES string of the molecule is COC(=O)c1cccc([N+](=O)[O-])c1CC(C)C(=O)O. The molecule has 1 N–H and O–H groups in total. The standard InChI is InChI=1S/C12H13NO6/c1-7(11(14)15)6-9-8(12(16)19-2)4-3-5-10(9)13(17)18/h3-5,7H,6H2,1-2H3,(H,14,15). The Morgan fingerprint density at radius 2 is 2.11 bits per heavy atom. The van der Waals surface area contributed by atoms with E-state index < -0.39 is 22.8 Å². The third-order valence-corrected chi connectivity index (χ3v) is 2.69. The van der Waals surface area contributed by atoms with Crippen LogP contribution in [0.2, 0.25) is 0 Å². The quantitative estimate of drug-likeness (QED) is 0.493. The number of carboxylic acids is 1. The molecule has 0 spiro atoms. The van der Waals surface area contributed by atoms with E-state index in [0.717, 1.165) is 7.11 Å². The fraction of sp³-hybridized carbons (Fsp3) is 0.333. The van der Waals surface area contributed by atoms with E-state index in [0.29, 0.717) is 0 Å². The van der Waals surface area contributed by atoms with Crippen molar-refractivity contribution >= 4 is 17.6 Å². The van der Waals surface area contributed by atoms with E-state index >= 15 is 0 Å². The van der Waals surface area contributed by atoms with Crippen molar-refractivity contribution in [1.29, 1.82) is 0 Å². The molecule has 7 nitrogen and oxygen atoms in total. The van der Waals surface area contributed by atoms with Gasteiger partial charge in [-0.2, -0.15) is 0 Å². The molecule has 7 heteroatoms. The van der Waals surface area contributed by atoms with Gasteiger partial charge >= 0.3 is 11.9 Å². The van der Waals surface area contributed by atoms with Crippen LogP contribution in [-0.2, 0) is 16.0 Å². The number of esters is 1. The lowest BCUT2D eigenvalue weighted by molar-refractivity contribution is -0.385. The number of hydrogen-bond acceptors (Lipinski definition) is 5. The number of nitrogens with zero attached hydrogens (tertiary/aromatic N) is 1. The summed E-state index contributed by atoms with van der Waals surface area (Å²) in [6, 6.07) is 3.97. The summed E-state index contributed by atoms with van der Waals surface area (Å²) in [5.74, 6) is -2.66. The van der Waals surface area contributed by atoms with E-state index in [4.69, 9.17) is 5.11 Å². The highest BCUT2D eigenvalue weighted by molar-refractivity contribution is 5.92. The van der Waals surface area contributed by atoms with Crippen molar-refractivity contribution in [3.8, 4) is 0 Å². The summed E-state index contributed by atoms with van der Waals surface area (Å²) < 4.78 is 4.54. The number of carboxylic acid groups (broad SMARTS) is 1. The van der Waals surface area contributed by atoms with E-state index in [2.05, 4.69) is 4.74 Å².